The van der Waals surface area contributed by atoms with Crippen LogP contribution in [0.3, 0.4) is 0 Å². The van der Waals surface area contributed by atoms with E-state index in [-0.39, 0.29) is 0 Å². The number of aromatic carboxylic acids is 1. The van der Waals surface area contributed by atoms with Gasteiger partial charge in [-0.2, -0.15) is 5.26 Å². The van der Waals surface area contributed by atoms with Crippen LogP contribution in [0.5, 0.6) is 0 Å². The van der Waals surface area contributed by atoms with Crippen LogP contribution in [-0.4, -0.2) is 24.2 Å². The molecule has 1 heterocycles. The SMILES string of the molecule is Cc1cc(C)c(C(=O)O)cc1CC1CCN(c2ccccc2C#N)CC1. The lowest BCUT2D eigenvalue weighted by Gasteiger charge is -2.34. The first kappa shape index (κ1) is 18.0. The Balaban J connectivity index is 1.69. The van der Waals surface area contributed by atoms with Gasteiger partial charge >= 0.3 is 5.97 Å². The highest BCUT2D eigenvalue weighted by Gasteiger charge is 2.22. The predicted octanol–water partition coefficient (Wildman–Crippen LogP) is 4.33. The lowest BCUT2D eigenvalue weighted by Crippen LogP contribution is -2.34. The number of carboxylic acids is 1. The number of anilines is 1. The molecule has 0 unspecified atom stereocenters. The third-order valence-electron chi connectivity index (χ3n) is 5.40. The summed E-state index contributed by atoms with van der Waals surface area (Å²) < 4.78 is 0. The second kappa shape index (κ2) is 7.61. The Morgan fingerprint density at radius 2 is 1.88 bits per heavy atom. The Morgan fingerprint density at radius 3 is 2.54 bits per heavy atom. The fourth-order valence-corrected chi connectivity index (χ4v) is 3.88. The average molecular weight is 348 g/mol. The standard InChI is InChI=1S/C22H24N2O2/c1-15-11-16(2)20(22(25)26)13-19(15)12-17-7-9-24(10-8-17)21-6-4-3-5-18(21)14-23/h3-6,11,13,17H,7-10,12H2,1-2H3,(H,25,26). The van der Waals surface area contributed by atoms with Crippen LogP contribution in [0.4, 0.5) is 5.69 Å². The summed E-state index contributed by atoms with van der Waals surface area (Å²) in [7, 11) is 0. The molecule has 2 aromatic rings. The van der Waals surface area contributed by atoms with Gasteiger partial charge in [-0.1, -0.05) is 18.2 Å². The van der Waals surface area contributed by atoms with Crippen LogP contribution in [0.2, 0.25) is 0 Å². The first-order valence-corrected chi connectivity index (χ1v) is 9.07. The van der Waals surface area contributed by atoms with E-state index in [9.17, 15) is 15.2 Å². The van der Waals surface area contributed by atoms with Gasteiger partial charge in [0.2, 0.25) is 0 Å². The van der Waals surface area contributed by atoms with Crippen molar-refractivity contribution in [1.29, 1.82) is 5.26 Å². The molecular weight excluding hydrogens is 324 g/mol. The van der Waals surface area contributed by atoms with Gasteiger partial charge in [-0.3, -0.25) is 0 Å². The van der Waals surface area contributed by atoms with E-state index in [4.69, 9.17) is 0 Å². The third kappa shape index (κ3) is 3.72. The fraction of sp³-hybridized carbons (Fsp3) is 0.364. The molecule has 1 N–H and O–H groups in total. The number of benzene rings is 2. The normalized spacial score (nSPS) is 14.9. The van der Waals surface area contributed by atoms with Gasteiger partial charge in [0, 0.05) is 13.1 Å². The molecule has 0 bridgehead atoms. The minimum absolute atomic E-state index is 0.408. The quantitative estimate of drug-likeness (QED) is 0.893. The van der Waals surface area contributed by atoms with E-state index in [1.807, 2.05) is 43.3 Å². The number of rotatable bonds is 4. The molecule has 0 atom stereocenters. The number of hydrogen-bond acceptors (Lipinski definition) is 3. The van der Waals surface area contributed by atoms with E-state index in [1.54, 1.807) is 0 Å². The highest BCUT2D eigenvalue weighted by molar-refractivity contribution is 5.89. The van der Waals surface area contributed by atoms with Crippen molar-refractivity contribution in [3.8, 4) is 6.07 Å². The van der Waals surface area contributed by atoms with Crippen molar-refractivity contribution in [2.24, 2.45) is 5.92 Å². The molecule has 1 aliphatic heterocycles. The zero-order valence-corrected chi connectivity index (χ0v) is 15.3. The molecule has 0 aliphatic carbocycles. The van der Waals surface area contributed by atoms with Crippen molar-refractivity contribution >= 4 is 11.7 Å². The Kier molecular flexibility index (Phi) is 5.27. The smallest absolute Gasteiger partial charge is 0.335 e. The fourth-order valence-electron chi connectivity index (χ4n) is 3.88. The molecule has 0 amide bonds. The molecular formula is C22H24N2O2. The van der Waals surface area contributed by atoms with Gasteiger partial charge in [0.15, 0.2) is 0 Å². The zero-order chi connectivity index (χ0) is 18.7. The number of hydrogen-bond donors (Lipinski definition) is 1. The summed E-state index contributed by atoms with van der Waals surface area (Å²) in [5.41, 5.74) is 5.29. The van der Waals surface area contributed by atoms with Crippen LogP contribution in [-0.2, 0) is 6.42 Å². The van der Waals surface area contributed by atoms with E-state index in [2.05, 4.69) is 17.9 Å². The summed E-state index contributed by atoms with van der Waals surface area (Å²) in [5, 5.41) is 18.7. The largest absolute Gasteiger partial charge is 0.478 e. The second-order valence-corrected chi connectivity index (χ2v) is 7.16. The van der Waals surface area contributed by atoms with Crippen LogP contribution in [0.15, 0.2) is 36.4 Å². The lowest BCUT2D eigenvalue weighted by molar-refractivity contribution is 0.0696. The first-order chi connectivity index (χ1) is 12.5. The molecule has 134 valence electrons. The molecule has 4 nitrogen and oxygen atoms in total. The number of carboxylic acid groups (broad SMARTS) is 1. The predicted molar refractivity (Wildman–Crippen MR) is 103 cm³/mol. The molecule has 2 aromatic carbocycles. The maximum atomic E-state index is 11.4. The van der Waals surface area contributed by atoms with E-state index in [0.717, 1.165) is 54.7 Å². The van der Waals surface area contributed by atoms with E-state index >= 15 is 0 Å². The first-order valence-electron chi connectivity index (χ1n) is 9.07. The summed E-state index contributed by atoms with van der Waals surface area (Å²) in [4.78, 5) is 13.7. The highest BCUT2D eigenvalue weighted by Crippen LogP contribution is 2.29. The van der Waals surface area contributed by atoms with Gasteiger partial charge in [-0.15, -0.1) is 0 Å². The van der Waals surface area contributed by atoms with Gasteiger partial charge in [-0.25, -0.2) is 4.79 Å². The topological polar surface area (TPSA) is 64.3 Å². The van der Waals surface area contributed by atoms with Gasteiger partial charge < -0.3 is 10.0 Å². The molecule has 1 saturated heterocycles. The number of carbonyl (C=O) groups is 1. The van der Waals surface area contributed by atoms with Crippen LogP contribution in [0.1, 0.15) is 45.5 Å². The molecule has 3 rings (SSSR count). The average Bonchev–Trinajstić information content (AvgIpc) is 2.64. The van der Waals surface area contributed by atoms with Gasteiger partial charge in [0.1, 0.15) is 6.07 Å². The molecule has 26 heavy (non-hydrogen) atoms. The van der Waals surface area contributed by atoms with Gasteiger partial charge in [0.05, 0.1) is 16.8 Å². The molecule has 1 fully saturated rings. The summed E-state index contributed by atoms with van der Waals surface area (Å²) in [5.74, 6) is -0.310. The van der Waals surface area contributed by atoms with Crippen molar-refractivity contribution in [2.45, 2.75) is 33.1 Å². The van der Waals surface area contributed by atoms with E-state index in [1.165, 1.54) is 5.56 Å². The molecule has 0 saturated carbocycles. The Hall–Kier alpha value is -2.80. The van der Waals surface area contributed by atoms with E-state index in [0.29, 0.717) is 11.5 Å². The summed E-state index contributed by atoms with van der Waals surface area (Å²) in [6.07, 6.45) is 3.02. The van der Waals surface area contributed by atoms with Crippen LogP contribution >= 0.6 is 0 Å². The minimum atomic E-state index is -0.855. The van der Waals surface area contributed by atoms with Crippen molar-refractivity contribution in [3.05, 3.63) is 64.2 Å². The van der Waals surface area contributed by atoms with Crippen molar-refractivity contribution < 1.29 is 9.90 Å². The number of piperidine rings is 1. The van der Waals surface area contributed by atoms with E-state index < -0.39 is 5.97 Å². The number of nitrogens with zero attached hydrogens (tertiary/aromatic N) is 2. The van der Waals surface area contributed by atoms with Crippen LogP contribution < -0.4 is 4.90 Å². The zero-order valence-electron chi connectivity index (χ0n) is 15.3. The molecule has 0 aromatic heterocycles. The molecule has 0 spiro atoms. The maximum Gasteiger partial charge on any atom is 0.335 e. The summed E-state index contributed by atoms with van der Waals surface area (Å²) >= 11 is 0. The molecule has 0 radical (unpaired) electrons. The van der Waals surface area contributed by atoms with Crippen molar-refractivity contribution in [2.75, 3.05) is 18.0 Å². The number of nitriles is 1. The van der Waals surface area contributed by atoms with Crippen LogP contribution in [0.25, 0.3) is 0 Å². The number of aryl methyl sites for hydroxylation is 2. The van der Waals surface area contributed by atoms with Crippen molar-refractivity contribution in [3.63, 3.8) is 0 Å². The highest BCUT2D eigenvalue weighted by atomic mass is 16.4. The molecule has 1 aliphatic rings. The minimum Gasteiger partial charge on any atom is -0.478 e. The van der Waals surface area contributed by atoms with Gasteiger partial charge in [0.25, 0.3) is 0 Å². The maximum absolute atomic E-state index is 11.4. The second-order valence-electron chi connectivity index (χ2n) is 7.16. The third-order valence-corrected chi connectivity index (χ3v) is 5.40. The Labute approximate surface area is 154 Å². The van der Waals surface area contributed by atoms with Gasteiger partial charge in [-0.05, 0) is 73.9 Å². The Bertz CT molecular complexity index is 859. The van der Waals surface area contributed by atoms with Crippen molar-refractivity contribution in [1.82, 2.24) is 0 Å². The summed E-state index contributed by atoms with van der Waals surface area (Å²) in [6.45, 7) is 5.78. The van der Waals surface area contributed by atoms with Crippen LogP contribution in [0, 0.1) is 31.1 Å². The lowest BCUT2D eigenvalue weighted by atomic mass is 9.87. The number of para-hydroxylation sites is 1. The monoisotopic (exact) mass is 348 g/mol. The Morgan fingerprint density at radius 1 is 1.19 bits per heavy atom. The summed E-state index contributed by atoms with van der Waals surface area (Å²) in [6, 6.07) is 13.9. The molecule has 4 heteroatoms.